The van der Waals surface area contributed by atoms with Crippen molar-refractivity contribution in [3.05, 3.63) is 46.0 Å². The Bertz CT molecular complexity index is 286. The molecule has 1 aromatic carbocycles. The summed E-state index contributed by atoms with van der Waals surface area (Å²) in [4.78, 5) is 9.87. The van der Waals surface area contributed by atoms with E-state index in [1.54, 1.807) is 30.3 Å². The van der Waals surface area contributed by atoms with E-state index in [4.69, 9.17) is 0 Å². The van der Waals surface area contributed by atoms with Crippen molar-refractivity contribution in [2.75, 3.05) is 0 Å². The lowest BCUT2D eigenvalue weighted by Gasteiger charge is -2.11. The van der Waals surface area contributed by atoms with Crippen LogP contribution in [0.2, 0.25) is 0 Å². The van der Waals surface area contributed by atoms with Gasteiger partial charge in [0.05, 0.1) is 0 Å². The Balaban J connectivity index is 2.79. The van der Waals surface area contributed by atoms with Gasteiger partial charge in [0, 0.05) is 11.8 Å². The van der Waals surface area contributed by atoms with Crippen molar-refractivity contribution in [1.82, 2.24) is 0 Å². The zero-order valence-electron chi connectivity index (χ0n) is 7.25. The van der Waals surface area contributed by atoms with Gasteiger partial charge in [0.25, 0.3) is 0 Å². The van der Waals surface area contributed by atoms with Crippen LogP contribution in [0.25, 0.3) is 0 Å². The second kappa shape index (κ2) is 4.00. The third-order valence-corrected chi connectivity index (χ3v) is 1.93. The number of benzene rings is 1. The maximum atomic E-state index is 10.4. The van der Waals surface area contributed by atoms with Gasteiger partial charge >= 0.3 is 0 Å². The predicted molar refractivity (Wildman–Crippen MR) is 47.9 cm³/mol. The third kappa shape index (κ3) is 2.26. The first-order valence-corrected chi connectivity index (χ1v) is 3.99. The Hall–Kier alpha value is -1.42. The zero-order chi connectivity index (χ0) is 9.84. The lowest BCUT2D eigenvalue weighted by molar-refractivity contribution is -0.531. The molecular weight excluding hydrogens is 170 g/mol. The highest BCUT2D eigenvalue weighted by Crippen LogP contribution is 2.17. The molecule has 1 N–H and O–H groups in total. The molecule has 13 heavy (non-hydrogen) atoms. The SMILES string of the molecule is C[C@@H]([C@@H](O)c1ccccc1)[N+](=O)[O-]. The first-order chi connectivity index (χ1) is 6.13. The van der Waals surface area contributed by atoms with E-state index in [0.29, 0.717) is 5.56 Å². The van der Waals surface area contributed by atoms with E-state index in [2.05, 4.69) is 0 Å². The second-order valence-corrected chi connectivity index (χ2v) is 2.88. The number of nitrogens with zero attached hydrogens (tertiary/aromatic N) is 1. The van der Waals surface area contributed by atoms with E-state index in [9.17, 15) is 15.2 Å². The van der Waals surface area contributed by atoms with Crippen molar-refractivity contribution in [2.45, 2.75) is 19.1 Å². The number of aliphatic hydroxyl groups excluding tert-OH is 1. The molecule has 0 unspecified atom stereocenters. The van der Waals surface area contributed by atoms with Crippen molar-refractivity contribution in [3.8, 4) is 0 Å². The van der Waals surface area contributed by atoms with Crippen LogP contribution in [0.5, 0.6) is 0 Å². The summed E-state index contributed by atoms with van der Waals surface area (Å²) in [7, 11) is 0. The van der Waals surface area contributed by atoms with Crippen LogP contribution < -0.4 is 0 Å². The minimum atomic E-state index is -1.03. The molecule has 0 bridgehead atoms. The Morgan fingerprint density at radius 2 is 1.92 bits per heavy atom. The number of nitro groups is 1. The Labute approximate surface area is 76.0 Å². The summed E-state index contributed by atoms with van der Waals surface area (Å²) in [6.07, 6.45) is -1.03. The molecule has 70 valence electrons. The lowest BCUT2D eigenvalue weighted by Crippen LogP contribution is -2.23. The molecule has 0 saturated carbocycles. The van der Waals surface area contributed by atoms with Gasteiger partial charge in [-0.25, -0.2) is 0 Å². The Morgan fingerprint density at radius 1 is 1.38 bits per heavy atom. The molecular formula is C9H11NO3. The molecule has 0 radical (unpaired) electrons. The Kier molecular flexibility index (Phi) is 2.97. The molecule has 0 fully saturated rings. The van der Waals surface area contributed by atoms with Crippen molar-refractivity contribution in [3.63, 3.8) is 0 Å². The second-order valence-electron chi connectivity index (χ2n) is 2.88. The van der Waals surface area contributed by atoms with Crippen LogP contribution in [0.3, 0.4) is 0 Å². The topological polar surface area (TPSA) is 63.4 Å². The molecule has 0 aromatic heterocycles. The van der Waals surface area contributed by atoms with Crippen molar-refractivity contribution < 1.29 is 10.0 Å². The number of hydrogen-bond donors (Lipinski definition) is 1. The predicted octanol–water partition coefficient (Wildman–Crippen LogP) is 1.39. The van der Waals surface area contributed by atoms with Crippen LogP contribution >= 0.6 is 0 Å². The zero-order valence-corrected chi connectivity index (χ0v) is 7.25. The van der Waals surface area contributed by atoms with E-state index in [1.165, 1.54) is 6.92 Å². The number of hydrogen-bond acceptors (Lipinski definition) is 3. The van der Waals surface area contributed by atoms with Crippen molar-refractivity contribution in [1.29, 1.82) is 0 Å². The van der Waals surface area contributed by atoms with E-state index < -0.39 is 17.1 Å². The van der Waals surface area contributed by atoms with Gasteiger partial charge in [-0.15, -0.1) is 0 Å². The van der Waals surface area contributed by atoms with Gasteiger partial charge in [-0.05, 0) is 5.56 Å². The Morgan fingerprint density at radius 3 is 2.38 bits per heavy atom. The number of rotatable bonds is 3. The molecule has 0 heterocycles. The summed E-state index contributed by atoms with van der Waals surface area (Å²) in [5.41, 5.74) is 0.576. The highest BCUT2D eigenvalue weighted by Gasteiger charge is 2.25. The molecule has 1 aromatic rings. The van der Waals surface area contributed by atoms with Gasteiger partial charge in [-0.2, -0.15) is 0 Å². The van der Waals surface area contributed by atoms with Gasteiger partial charge in [0.15, 0.2) is 0 Å². The van der Waals surface area contributed by atoms with Crippen LogP contribution in [0.1, 0.15) is 18.6 Å². The fourth-order valence-electron chi connectivity index (χ4n) is 1.04. The molecule has 1 rings (SSSR count). The highest BCUT2D eigenvalue weighted by molar-refractivity contribution is 5.17. The van der Waals surface area contributed by atoms with Crippen LogP contribution in [0.15, 0.2) is 30.3 Å². The van der Waals surface area contributed by atoms with Gasteiger partial charge in [-0.1, -0.05) is 30.3 Å². The average molecular weight is 181 g/mol. The quantitative estimate of drug-likeness (QED) is 0.566. The minimum absolute atomic E-state index is 0.488. The van der Waals surface area contributed by atoms with Crippen molar-refractivity contribution in [2.24, 2.45) is 0 Å². The van der Waals surface area contributed by atoms with Crippen LogP contribution in [-0.2, 0) is 0 Å². The molecule has 0 aliphatic carbocycles. The van der Waals surface area contributed by atoms with Crippen molar-refractivity contribution >= 4 is 0 Å². The fourth-order valence-corrected chi connectivity index (χ4v) is 1.04. The molecule has 4 nitrogen and oxygen atoms in total. The molecule has 4 heteroatoms. The van der Waals surface area contributed by atoms with Gasteiger partial charge in [0.2, 0.25) is 6.04 Å². The summed E-state index contributed by atoms with van der Waals surface area (Å²) < 4.78 is 0. The largest absolute Gasteiger partial charge is 0.381 e. The standard InChI is InChI=1S/C9H11NO3/c1-7(10(12)13)9(11)8-5-3-2-4-6-8/h2-7,9,11H,1H3/t7-,9+/m0/s1. The van der Waals surface area contributed by atoms with E-state index in [-0.39, 0.29) is 0 Å². The minimum Gasteiger partial charge on any atom is -0.381 e. The summed E-state index contributed by atoms with van der Waals surface area (Å²) in [5, 5.41) is 19.9. The highest BCUT2D eigenvalue weighted by atomic mass is 16.6. The van der Waals surface area contributed by atoms with E-state index >= 15 is 0 Å². The normalized spacial score (nSPS) is 14.9. The maximum Gasteiger partial charge on any atom is 0.239 e. The molecule has 0 aliphatic heterocycles. The molecule has 0 spiro atoms. The monoisotopic (exact) mass is 181 g/mol. The molecule has 0 aliphatic rings. The molecule has 2 atom stereocenters. The summed E-state index contributed by atoms with van der Waals surface area (Å²) in [5.74, 6) is 0. The van der Waals surface area contributed by atoms with Gasteiger partial charge in [0.1, 0.15) is 6.10 Å². The van der Waals surface area contributed by atoms with E-state index in [1.807, 2.05) is 0 Å². The van der Waals surface area contributed by atoms with Gasteiger partial charge in [-0.3, -0.25) is 10.1 Å². The average Bonchev–Trinajstić information content (AvgIpc) is 2.17. The van der Waals surface area contributed by atoms with Crippen LogP contribution in [-0.4, -0.2) is 16.1 Å². The summed E-state index contributed by atoms with van der Waals surface area (Å²) in [6, 6.07) is 7.65. The first kappa shape index (κ1) is 9.67. The fraction of sp³-hybridized carbons (Fsp3) is 0.333. The van der Waals surface area contributed by atoms with Crippen LogP contribution in [0, 0.1) is 10.1 Å². The maximum absolute atomic E-state index is 10.4. The lowest BCUT2D eigenvalue weighted by atomic mass is 10.0. The summed E-state index contributed by atoms with van der Waals surface area (Å²) in [6.45, 7) is 1.39. The first-order valence-electron chi connectivity index (χ1n) is 3.99. The summed E-state index contributed by atoms with van der Waals surface area (Å²) >= 11 is 0. The van der Waals surface area contributed by atoms with E-state index in [0.717, 1.165) is 0 Å². The number of aliphatic hydroxyl groups is 1. The molecule has 0 saturated heterocycles. The van der Waals surface area contributed by atoms with Crippen LogP contribution in [0.4, 0.5) is 0 Å². The third-order valence-electron chi connectivity index (χ3n) is 1.93. The smallest absolute Gasteiger partial charge is 0.239 e. The molecule has 0 amide bonds. The van der Waals surface area contributed by atoms with Gasteiger partial charge < -0.3 is 5.11 Å².